The molecule has 2 heterocycles. The maximum atomic E-state index is 11.1. The number of aryl methyl sites for hydroxylation is 1. The molecule has 1 N–H and O–H groups in total. The summed E-state index contributed by atoms with van der Waals surface area (Å²) in [5.41, 5.74) is 3.39. The predicted molar refractivity (Wildman–Crippen MR) is 62.5 cm³/mol. The van der Waals surface area contributed by atoms with E-state index in [2.05, 4.69) is 10.1 Å². The lowest BCUT2D eigenvalue weighted by Gasteiger charge is -2.06. The molecule has 0 fully saturated rings. The normalized spacial score (nSPS) is 10.5. The minimum atomic E-state index is -1.05. The molecule has 0 radical (unpaired) electrons. The van der Waals surface area contributed by atoms with Gasteiger partial charge in [-0.15, -0.1) is 0 Å². The van der Waals surface area contributed by atoms with Gasteiger partial charge in [-0.3, -0.25) is 0 Å². The zero-order chi connectivity index (χ0) is 12.6. The fraction of sp³-hybridized carbons (Fsp3) is 0.250. The summed E-state index contributed by atoms with van der Waals surface area (Å²) in [6.07, 6.45) is 1.46. The second kappa shape index (κ2) is 4.01. The summed E-state index contributed by atoms with van der Waals surface area (Å²) in [6, 6.07) is 3.41. The van der Waals surface area contributed by atoms with Crippen LogP contribution in [0.5, 0.6) is 0 Å². The van der Waals surface area contributed by atoms with Crippen LogP contribution in [-0.2, 0) is 0 Å². The van der Waals surface area contributed by atoms with Gasteiger partial charge >= 0.3 is 5.97 Å². The summed E-state index contributed by atoms with van der Waals surface area (Å²) in [6.45, 7) is 5.77. The maximum absolute atomic E-state index is 11.1. The highest BCUT2D eigenvalue weighted by Gasteiger charge is 2.16. The molecular weight excluding hydrogens is 218 g/mol. The molecule has 0 saturated heterocycles. The van der Waals surface area contributed by atoms with Crippen LogP contribution in [-0.4, -0.2) is 25.8 Å². The summed E-state index contributed by atoms with van der Waals surface area (Å²) in [4.78, 5) is 15.0. The average Bonchev–Trinajstić information content (AvgIpc) is 2.57. The van der Waals surface area contributed by atoms with Crippen molar-refractivity contribution in [2.45, 2.75) is 20.8 Å². The molecule has 0 aromatic carbocycles. The van der Waals surface area contributed by atoms with Gasteiger partial charge in [0, 0.05) is 11.9 Å². The highest BCUT2D eigenvalue weighted by atomic mass is 16.4. The van der Waals surface area contributed by atoms with Gasteiger partial charge in [0.2, 0.25) is 0 Å². The number of hydrogen-bond donors (Lipinski definition) is 1. The molecule has 0 saturated carbocycles. The molecule has 5 heteroatoms. The van der Waals surface area contributed by atoms with Gasteiger partial charge in [-0.1, -0.05) is 0 Å². The van der Waals surface area contributed by atoms with Crippen LogP contribution >= 0.6 is 0 Å². The lowest BCUT2D eigenvalue weighted by atomic mass is 10.2. The maximum Gasteiger partial charge on any atom is 0.356 e. The number of carboxylic acid groups (broad SMARTS) is 1. The lowest BCUT2D eigenvalue weighted by Crippen LogP contribution is -2.09. The third-order valence-corrected chi connectivity index (χ3v) is 2.87. The Balaban J connectivity index is 2.68. The van der Waals surface area contributed by atoms with Gasteiger partial charge in [0.25, 0.3) is 0 Å². The molecule has 2 aromatic rings. The summed E-state index contributed by atoms with van der Waals surface area (Å²) >= 11 is 0. The summed E-state index contributed by atoms with van der Waals surface area (Å²) in [5.74, 6) is -1.05. The number of hydrogen-bond acceptors (Lipinski definition) is 3. The van der Waals surface area contributed by atoms with E-state index in [4.69, 9.17) is 5.11 Å². The van der Waals surface area contributed by atoms with Gasteiger partial charge < -0.3 is 5.11 Å². The molecule has 0 aliphatic rings. The van der Waals surface area contributed by atoms with E-state index in [1.807, 2.05) is 20.8 Å². The number of nitrogens with zero attached hydrogens (tertiary/aromatic N) is 3. The Bertz CT molecular complexity index is 587. The van der Waals surface area contributed by atoms with Crippen LogP contribution in [0, 0.1) is 20.8 Å². The van der Waals surface area contributed by atoms with Gasteiger partial charge in [-0.2, -0.15) is 5.10 Å². The number of rotatable bonds is 2. The van der Waals surface area contributed by atoms with Crippen molar-refractivity contribution in [3.8, 4) is 5.69 Å². The molecule has 0 amide bonds. The standard InChI is InChI=1S/C12H13N3O2/c1-7-8(2)14-15(9(7)3)10-5-4-6-13-11(10)12(16)17/h4-6H,1-3H3,(H,16,17). The molecule has 0 unspecified atom stereocenters. The van der Waals surface area contributed by atoms with Crippen molar-refractivity contribution in [2.75, 3.05) is 0 Å². The topological polar surface area (TPSA) is 68.0 Å². The zero-order valence-electron chi connectivity index (χ0n) is 9.93. The second-order valence-electron chi connectivity index (χ2n) is 3.88. The van der Waals surface area contributed by atoms with Crippen molar-refractivity contribution in [3.05, 3.63) is 41.0 Å². The van der Waals surface area contributed by atoms with E-state index in [-0.39, 0.29) is 5.69 Å². The zero-order valence-corrected chi connectivity index (χ0v) is 9.93. The van der Waals surface area contributed by atoms with Crippen LogP contribution in [0.25, 0.3) is 5.69 Å². The van der Waals surface area contributed by atoms with Gasteiger partial charge in [-0.25, -0.2) is 14.5 Å². The van der Waals surface area contributed by atoms with Gasteiger partial charge in [0.1, 0.15) is 0 Å². The van der Waals surface area contributed by atoms with Crippen LogP contribution in [0.4, 0.5) is 0 Å². The van der Waals surface area contributed by atoms with E-state index in [0.717, 1.165) is 17.0 Å². The molecule has 2 rings (SSSR count). The molecule has 0 aliphatic carbocycles. The third-order valence-electron chi connectivity index (χ3n) is 2.87. The molecule has 0 bridgehead atoms. The van der Waals surface area contributed by atoms with E-state index in [1.54, 1.807) is 16.8 Å². The lowest BCUT2D eigenvalue weighted by molar-refractivity contribution is 0.0690. The minimum Gasteiger partial charge on any atom is -0.476 e. The Hall–Kier alpha value is -2.17. The number of carbonyl (C=O) groups is 1. The summed E-state index contributed by atoms with van der Waals surface area (Å²) in [5, 5.41) is 13.4. The van der Waals surface area contributed by atoms with E-state index < -0.39 is 5.97 Å². The fourth-order valence-corrected chi connectivity index (χ4v) is 1.69. The first-order valence-corrected chi connectivity index (χ1v) is 5.24. The Morgan fingerprint density at radius 2 is 2.06 bits per heavy atom. The van der Waals surface area contributed by atoms with E-state index in [1.165, 1.54) is 6.20 Å². The molecule has 5 nitrogen and oxygen atoms in total. The molecule has 17 heavy (non-hydrogen) atoms. The molecular formula is C12H13N3O2. The van der Waals surface area contributed by atoms with Crippen molar-refractivity contribution >= 4 is 5.97 Å². The largest absolute Gasteiger partial charge is 0.476 e. The highest BCUT2D eigenvalue weighted by Crippen LogP contribution is 2.18. The van der Waals surface area contributed by atoms with Gasteiger partial charge in [-0.05, 0) is 38.5 Å². The summed E-state index contributed by atoms with van der Waals surface area (Å²) in [7, 11) is 0. The van der Waals surface area contributed by atoms with Crippen molar-refractivity contribution in [1.29, 1.82) is 0 Å². The molecule has 0 spiro atoms. The van der Waals surface area contributed by atoms with Crippen LogP contribution in [0.1, 0.15) is 27.4 Å². The van der Waals surface area contributed by atoms with E-state index >= 15 is 0 Å². The monoisotopic (exact) mass is 231 g/mol. The number of pyridine rings is 1. The molecule has 88 valence electrons. The predicted octanol–water partition coefficient (Wildman–Crippen LogP) is 1.89. The Morgan fingerprint density at radius 3 is 2.59 bits per heavy atom. The van der Waals surface area contributed by atoms with Gasteiger partial charge in [0.15, 0.2) is 5.69 Å². The fourth-order valence-electron chi connectivity index (χ4n) is 1.69. The van der Waals surface area contributed by atoms with Crippen molar-refractivity contribution in [3.63, 3.8) is 0 Å². The van der Waals surface area contributed by atoms with Crippen LogP contribution in [0.15, 0.2) is 18.3 Å². The SMILES string of the molecule is Cc1nn(-c2cccnc2C(=O)O)c(C)c1C. The number of aromatic carboxylic acids is 1. The first-order valence-electron chi connectivity index (χ1n) is 5.24. The Morgan fingerprint density at radius 1 is 1.35 bits per heavy atom. The highest BCUT2D eigenvalue weighted by molar-refractivity contribution is 5.89. The smallest absolute Gasteiger partial charge is 0.356 e. The van der Waals surface area contributed by atoms with Crippen molar-refractivity contribution in [2.24, 2.45) is 0 Å². The minimum absolute atomic E-state index is 0.0121. The van der Waals surface area contributed by atoms with Crippen LogP contribution < -0.4 is 0 Å². The van der Waals surface area contributed by atoms with Crippen LogP contribution in [0.3, 0.4) is 0 Å². The number of carboxylic acids is 1. The first kappa shape index (κ1) is 11.3. The second-order valence-corrected chi connectivity index (χ2v) is 3.88. The Labute approximate surface area is 98.7 Å². The van der Waals surface area contributed by atoms with E-state index in [0.29, 0.717) is 5.69 Å². The quantitative estimate of drug-likeness (QED) is 0.857. The van der Waals surface area contributed by atoms with Gasteiger partial charge in [0.05, 0.1) is 11.4 Å². The van der Waals surface area contributed by atoms with Crippen molar-refractivity contribution < 1.29 is 9.90 Å². The first-order chi connectivity index (χ1) is 8.02. The Kier molecular flexibility index (Phi) is 2.67. The molecule has 0 atom stereocenters. The van der Waals surface area contributed by atoms with E-state index in [9.17, 15) is 4.79 Å². The van der Waals surface area contributed by atoms with Crippen LogP contribution in [0.2, 0.25) is 0 Å². The number of aromatic nitrogens is 3. The average molecular weight is 231 g/mol. The molecule has 2 aromatic heterocycles. The third kappa shape index (κ3) is 1.80. The van der Waals surface area contributed by atoms with Crippen molar-refractivity contribution in [1.82, 2.24) is 14.8 Å². The summed E-state index contributed by atoms with van der Waals surface area (Å²) < 4.78 is 1.63. The molecule has 0 aliphatic heterocycles.